The lowest BCUT2D eigenvalue weighted by Crippen LogP contribution is -2.37. The Morgan fingerprint density at radius 3 is 2.35 bits per heavy atom. The number of hydrogen-bond donors (Lipinski definition) is 1. The topological polar surface area (TPSA) is 74.1 Å². The van der Waals surface area contributed by atoms with Crippen LogP contribution < -0.4 is 10.2 Å². The average molecular weight is 410 g/mol. The van der Waals surface area contributed by atoms with E-state index in [0.717, 1.165) is 11.1 Å². The Morgan fingerprint density at radius 2 is 1.61 bits per heavy atom. The van der Waals surface area contributed by atoms with Crippen LogP contribution in [-0.4, -0.2) is 29.8 Å². The van der Waals surface area contributed by atoms with E-state index >= 15 is 0 Å². The number of carbonyl (C=O) groups excluding carboxylic acids is 2. The lowest BCUT2D eigenvalue weighted by atomic mass is 10.1. The smallest absolute Gasteiger partial charge is 0.279 e. The molecule has 2 amide bonds. The Bertz CT molecular complexity index is 1180. The molecule has 0 radical (unpaired) electrons. The number of amides is 2. The summed E-state index contributed by atoms with van der Waals surface area (Å²) in [5.41, 5.74) is 4.97. The highest BCUT2D eigenvalue weighted by Gasteiger charge is 2.35. The molecule has 6 heteroatoms. The molecule has 0 saturated carbocycles. The molecule has 1 aliphatic rings. The van der Waals surface area contributed by atoms with Crippen LogP contribution >= 0.6 is 0 Å². The monoisotopic (exact) mass is 410 g/mol. The van der Waals surface area contributed by atoms with Crippen LogP contribution in [-0.2, 0) is 9.59 Å². The van der Waals surface area contributed by atoms with E-state index in [-0.39, 0.29) is 24.1 Å². The van der Waals surface area contributed by atoms with Crippen molar-refractivity contribution in [3.8, 4) is 0 Å². The van der Waals surface area contributed by atoms with E-state index in [4.69, 9.17) is 0 Å². The Kier molecular flexibility index (Phi) is 5.71. The van der Waals surface area contributed by atoms with Gasteiger partial charge < -0.3 is 5.32 Å². The molecule has 0 saturated heterocycles. The molecule has 0 bridgehead atoms. The summed E-state index contributed by atoms with van der Waals surface area (Å²) < 4.78 is 0. The third-order valence-corrected chi connectivity index (χ3v) is 5.03. The van der Waals surface area contributed by atoms with Gasteiger partial charge in [-0.25, -0.2) is 0 Å². The maximum atomic E-state index is 13.1. The molecule has 154 valence electrons. The van der Waals surface area contributed by atoms with Crippen molar-refractivity contribution in [1.29, 1.82) is 0 Å². The highest BCUT2D eigenvalue weighted by atomic mass is 16.2. The molecule has 1 N–H and O–H groups in total. The lowest BCUT2D eigenvalue weighted by molar-refractivity contribution is -0.118. The number of nitrogens with one attached hydrogen (secondary N) is 1. The average Bonchev–Trinajstić information content (AvgIpc) is 3.05. The SMILES string of the molecule is C/C(=N/N=C1/C(=O)N(CC(=O)Nc2ccc(C)cc2)c2ccccc21)c1ccccc1. The van der Waals surface area contributed by atoms with Crippen LogP contribution in [0.25, 0.3) is 0 Å². The molecule has 0 fully saturated rings. The van der Waals surface area contributed by atoms with Gasteiger partial charge in [0.2, 0.25) is 5.91 Å². The predicted molar refractivity (Wildman–Crippen MR) is 124 cm³/mol. The van der Waals surface area contributed by atoms with Gasteiger partial charge in [-0.05, 0) is 37.6 Å². The Morgan fingerprint density at radius 1 is 0.935 bits per heavy atom. The third-order valence-electron chi connectivity index (χ3n) is 5.03. The molecule has 1 heterocycles. The molecule has 1 aliphatic heterocycles. The largest absolute Gasteiger partial charge is 0.325 e. The first kappa shape index (κ1) is 20.2. The first-order valence-electron chi connectivity index (χ1n) is 9.98. The molecule has 3 aromatic rings. The molecular formula is C25H22N4O2. The number of para-hydroxylation sites is 1. The standard InChI is InChI=1S/C25H22N4O2/c1-17-12-14-20(15-13-17)26-23(30)16-29-22-11-7-6-10-21(22)24(25(29)31)28-27-18(2)19-8-4-3-5-9-19/h3-15H,16H2,1-2H3,(H,26,30)/b27-18-,28-24+. The van der Waals surface area contributed by atoms with E-state index < -0.39 is 0 Å². The molecule has 0 aromatic heterocycles. The number of hydrogen-bond acceptors (Lipinski definition) is 4. The lowest BCUT2D eigenvalue weighted by Gasteiger charge is -2.16. The van der Waals surface area contributed by atoms with Gasteiger partial charge in [-0.1, -0.05) is 66.2 Å². The van der Waals surface area contributed by atoms with Crippen molar-refractivity contribution in [1.82, 2.24) is 0 Å². The molecule has 31 heavy (non-hydrogen) atoms. The van der Waals surface area contributed by atoms with Gasteiger partial charge in [0.25, 0.3) is 5.91 Å². The van der Waals surface area contributed by atoms with Crippen LogP contribution in [0, 0.1) is 6.92 Å². The minimum Gasteiger partial charge on any atom is -0.325 e. The number of rotatable bonds is 5. The number of aryl methyl sites for hydroxylation is 1. The highest BCUT2D eigenvalue weighted by Crippen LogP contribution is 2.29. The molecule has 0 aliphatic carbocycles. The van der Waals surface area contributed by atoms with Crippen molar-refractivity contribution in [2.75, 3.05) is 16.8 Å². The summed E-state index contributed by atoms with van der Waals surface area (Å²) in [5.74, 6) is -0.623. The second kappa shape index (κ2) is 8.75. The minimum absolute atomic E-state index is 0.107. The van der Waals surface area contributed by atoms with Crippen LogP contribution in [0.1, 0.15) is 23.6 Å². The van der Waals surface area contributed by atoms with Crippen LogP contribution in [0.2, 0.25) is 0 Å². The number of benzene rings is 3. The van der Waals surface area contributed by atoms with Gasteiger partial charge in [0, 0.05) is 11.3 Å². The summed E-state index contributed by atoms with van der Waals surface area (Å²) in [4.78, 5) is 27.1. The van der Waals surface area contributed by atoms with Crippen LogP contribution in [0.5, 0.6) is 0 Å². The van der Waals surface area contributed by atoms with E-state index in [1.54, 1.807) is 0 Å². The van der Waals surface area contributed by atoms with Crippen molar-refractivity contribution in [3.05, 3.63) is 95.6 Å². The van der Waals surface area contributed by atoms with Crippen molar-refractivity contribution in [3.63, 3.8) is 0 Å². The van der Waals surface area contributed by atoms with Gasteiger partial charge in [0.15, 0.2) is 5.71 Å². The number of carbonyl (C=O) groups is 2. The first-order valence-corrected chi connectivity index (χ1v) is 9.98. The van der Waals surface area contributed by atoms with Crippen molar-refractivity contribution < 1.29 is 9.59 Å². The number of fused-ring (bicyclic) bond motifs is 1. The van der Waals surface area contributed by atoms with Gasteiger partial charge in [-0.15, -0.1) is 5.10 Å². The van der Waals surface area contributed by atoms with Gasteiger partial charge in [-0.2, -0.15) is 5.10 Å². The molecule has 0 spiro atoms. The second-order valence-electron chi connectivity index (χ2n) is 7.32. The normalized spacial score (nSPS) is 14.6. The summed E-state index contributed by atoms with van der Waals surface area (Å²) in [5, 5.41) is 11.4. The van der Waals surface area contributed by atoms with Crippen molar-refractivity contribution in [2.45, 2.75) is 13.8 Å². The van der Waals surface area contributed by atoms with Gasteiger partial charge in [0.1, 0.15) is 6.54 Å². The first-order chi connectivity index (χ1) is 15.0. The zero-order valence-electron chi connectivity index (χ0n) is 17.4. The number of nitrogens with zero attached hydrogens (tertiary/aromatic N) is 3. The summed E-state index contributed by atoms with van der Waals surface area (Å²) >= 11 is 0. The zero-order valence-corrected chi connectivity index (χ0v) is 17.4. The van der Waals surface area contributed by atoms with E-state index in [2.05, 4.69) is 15.5 Å². The molecular weight excluding hydrogens is 388 g/mol. The quantitative estimate of drug-likeness (QED) is 0.506. The number of anilines is 2. The summed E-state index contributed by atoms with van der Waals surface area (Å²) in [6.45, 7) is 3.72. The molecule has 3 aromatic carbocycles. The Hall–Kier alpha value is -4.06. The highest BCUT2D eigenvalue weighted by molar-refractivity contribution is 6.54. The van der Waals surface area contributed by atoms with Crippen LogP contribution in [0.3, 0.4) is 0 Å². The molecule has 6 nitrogen and oxygen atoms in total. The maximum absolute atomic E-state index is 13.1. The second-order valence-corrected chi connectivity index (χ2v) is 7.32. The molecule has 4 rings (SSSR count). The maximum Gasteiger partial charge on any atom is 0.279 e. The molecule has 0 atom stereocenters. The molecule has 0 unspecified atom stereocenters. The Labute approximate surface area is 180 Å². The van der Waals surface area contributed by atoms with E-state index in [1.165, 1.54) is 4.90 Å². The predicted octanol–water partition coefficient (Wildman–Crippen LogP) is 4.19. The van der Waals surface area contributed by atoms with Crippen molar-refractivity contribution >= 4 is 34.6 Å². The van der Waals surface area contributed by atoms with Crippen LogP contribution in [0.15, 0.2) is 89.1 Å². The van der Waals surface area contributed by atoms with Gasteiger partial charge in [0.05, 0.1) is 11.4 Å². The fourth-order valence-electron chi connectivity index (χ4n) is 3.36. The van der Waals surface area contributed by atoms with E-state index in [1.807, 2.05) is 92.7 Å². The summed E-state index contributed by atoms with van der Waals surface area (Å²) in [6.07, 6.45) is 0. The summed E-state index contributed by atoms with van der Waals surface area (Å²) in [6, 6.07) is 24.5. The zero-order chi connectivity index (χ0) is 21.8. The van der Waals surface area contributed by atoms with Crippen molar-refractivity contribution in [2.24, 2.45) is 10.2 Å². The van der Waals surface area contributed by atoms with Gasteiger partial charge >= 0.3 is 0 Å². The summed E-state index contributed by atoms with van der Waals surface area (Å²) in [7, 11) is 0. The van der Waals surface area contributed by atoms with E-state index in [0.29, 0.717) is 22.6 Å². The fourth-order valence-corrected chi connectivity index (χ4v) is 3.36. The Balaban J connectivity index is 1.57. The van der Waals surface area contributed by atoms with Crippen LogP contribution in [0.4, 0.5) is 11.4 Å². The minimum atomic E-state index is -0.343. The van der Waals surface area contributed by atoms with Gasteiger partial charge in [-0.3, -0.25) is 14.5 Å². The fraction of sp³-hybridized carbons (Fsp3) is 0.120. The van der Waals surface area contributed by atoms with E-state index in [9.17, 15) is 9.59 Å². The third kappa shape index (κ3) is 4.43.